The van der Waals surface area contributed by atoms with Crippen molar-refractivity contribution in [1.82, 2.24) is 0 Å². The van der Waals surface area contributed by atoms with Gasteiger partial charge in [0.1, 0.15) is 5.82 Å². The van der Waals surface area contributed by atoms with Crippen LogP contribution in [0.25, 0.3) is 0 Å². The smallest absolute Gasteiger partial charge is 0.256 e. The zero-order chi connectivity index (χ0) is 14.0. The van der Waals surface area contributed by atoms with Gasteiger partial charge >= 0.3 is 0 Å². The molecule has 0 unspecified atom stereocenters. The Balaban J connectivity index is 2.25. The summed E-state index contributed by atoms with van der Waals surface area (Å²) >= 11 is 11.1. The summed E-state index contributed by atoms with van der Waals surface area (Å²) < 4.78 is 14.2. The molecule has 0 spiro atoms. The molecule has 0 aliphatic carbocycles. The van der Waals surface area contributed by atoms with Crippen LogP contribution in [0.2, 0.25) is 5.02 Å². The van der Waals surface area contributed by atoms with Crippen LogP contribution in [0.3, 0.4) is 0 Å². The lowest BCUT2D eigenvalue weighted by Gasteiger charge is -2.09. The maximum atomic E-state index is 13.0. The van der Waals surface area contributed by atoms with E-state index < -0.39 is 0 Å². The third-order valence-electron chi connectivity index (χ3n) is 2.36. The fourth-order valence-corrected chi connectivity index (χ4v) is 2.93. The van der Waals surface area contributed by atoms with Crippen LogP contribution in [0.1, 0.15) is 10.4 Å². The molecule has 2 aromatic rings. The fraction of sp³-hybridized carbons (Fsp3) is 0. The highest BCUT2D eigenvalue weighted by atomic mass is 127. The van der Waals surface area contributed by atoms with Crippen LogP contribution in [-0.4, -0.2) is 5.91 Å². The van der Waals surface area contributed by atoms with E-state index in [-0.39, 0.29) is 11.7 Å². The van der Waals surface area contributed by atoms with E-state index in [1.54, 1.807) is 18.2 Å². The van der Waals surface area contributed by atoms with E-state index in [2.05, 4.69) is 21.2 Å². The number of anilines is 1. The Labute approximate surface area is 136 Å². The Morgan fingerprint density at radius 1 is 1.26 bits per heavy atom. The quantitative estimate of drug-likeness (QED) is 0.629. The zero-order valence-corrected chi connectivity index (χ0v) is 13.9. The van der Waals surface area contributed by atoms with Crippen molar-refractivity contribution in [1.29, 1.82) is 0 Å². The number of nitrogens with one attached hydrogen (secondary N) is 1. The summed E-state index contributed by atoms with van der Waals surface area (Å²) in [7, 11) is 0. The SMILES string of the molecule is O=C(Nc1ccc(F)cc1I)c1ccc(Cl)cc1Br. The van der Waals surface area contributed by atoms with Crippen molar-refractivity contribution < 1.29 is 9.18 Å². The average molecular weight is 454 g/mol. The van der Waals surface area contributed by atoms with Gasteiger partial charge in [-0.1, -0.05) is 11.6 Å². The molecule has 0 saturated carbocycles. The molecular weight excluding hydrogens is 447 g/mol. The molecule has 1 amide bonds. The van der Waals surface area contributed by atoms with Crippen LogP contribution >= 0.6 is 50.1 Å². The molecule has 98 valence electrons. The Bertz CT molecular complexity index is 651. The van der Waals surface area contributed by atoms with Gasteiger partial charge in [-0.15, -0.1) is 0 Å². The molecule has 0 saturated heterocycles. The van der Waals surface area contributed by atoms with Crippen molar-refractivity contribution in [3.05, 3.63) is 60.8 Å². The highest BCUT2D eigenvalue weighted by Crippen LogP contribution is 2.24. The molecule has 0 bridgehead atoms. The number of carbonyl (C=O) groups is 1. The number of benzene rings is 2. The molecule has 6 heteroatoms. The molecule has 0 fully saturated rings. The molecule has 0 aromatic heterocycles. The summed E-state index contributed by atoms with van der Waals surface area (Å²) in [6, 6.07) is 9.09. The summed E-state index contributed by atoms with van der Waals surface area (Å²) in [5.74, 6) is -0.622. The minimum atomic E-state index is -0.338. The molecule has 1 N–H and O–H groups in total. The van der Waals surface area contributed by atoms with Crippen molar-refractivity contribution in [2.75, 3.05) is 5.32 Å². The lowest BCUT2D eigenvalue weighted by molar-refractivity contribution is 0.102. The van der Waals surface area contributed by atoms with E-state index in [9.17, 15) is 9.18 Å². The maximum Gasteiger partial charge on any atom is 0.256 e. The first-order chi connectivity index (χ1) is 8.97. The number of hydrogen-bond donors (Lipinski definition) is 1. The van der Waals surface area contributed by atoms with Gasteiger partial charge in [-0.05, 0) is 74.9 Å². The number of rotatable bonds is 2. The third kappa shape index (κ3) is 3.67. The molecule has 0 aliphatic heterocycles. The lowest BCUT2D eigenvalue weighted by atomic mass is 10.2. The number of amides is 1. The van der Waals surface area contributed by atoms with Gasteiger partial charge < -0.3 is 5.32 Å². The molecule has 0 aliphatic rings. The van der Waals surface area contributed by atoms with Gasteiger partial charge in [-0.2, -0.15) is 0 Å². The fourth-order valence-electron chi connectivity index (χ4n) is 1.45. The van der Waals surface area contributed by atoms with E-state index >= 15 is 0 Å². The molecular formula is C13H7BrClFINO. The van der Waals surface area contributed by atoms with Crippen LogP contribution in [0.15, 0.2) is 40.9 Å². The van der Waals surface area contributed by atoms with E-state index in [0.29, 0.717) is 24.3 Å². The van der Waals surface area contributed by atoms with Crippen molar-refractivity contribution in [2.45, 2.75) is 0 Å². The summed E-state index contributed by atoms with van der Waals surface area (Å²) in [5, 5.41) is 3.27. The second kappa shape index (κ2) is 6.19. The second-order valence-electron chi connectivity index (χ2n) is 3.70. The minimum Gasteiger partial charge on any atom is -0.321 e. The minimum absolute atomic E-state index is 0.284. The van der Waals surface area contributed by atoms with Crippen molar-refractivity contribution in [3.63, 3.8) is 0 Å². The number of halogens is 4. The normalized spacial score (nSPS) is 10.3. The third-order valence-corrected chi connectivity index (χ3v) is 4.14. The summed E-state index contributed by atoms with van der Waals surface area (Å²) in [4.78, 5) is 12.1. The first kappa shape index (κ1) is 14.7. The van der Waals surface area contributed by atoms with Crippen LogP contribution in [0.4, 0.5) is 10.1 Å². The Morgan fingerprint density at radius 2 is 2.00 bits per heavy atom. The van der Waals surface area contributed by atoms with Crippen molar-refractivity contribution in [2.24, 2.45) is 0 Å². The molecule has 0 radical (unpaired) electrons. The van der Waals surface area contributed by atoms with Crippen LogP contribution in [-0.2, 0) is 0 Å². The first-order valence-corrected chi connectivity index (χ1v) is 7.44. The molecule has 0 atom stereocenters. The maximum absolute atomic E-state index is 13.0. The predicted octanol–water partition coefficient (Wildman–Crippen LogP) is 5.10. The van der Waals surface area contributed by atoms with Crippen LogP contribution in [0, 0.1) is 9.39 Å². The summed E-state index contributed by atoms with van der Waals surface area (Å²) in [6.07, 6.45) is 0. The highest BCUT2D eigenvalue weighted by Gasteiger charge is 2.12. The standard InChI is InChI=1S/C13H7BrClFINO/c14-10-5-7(15)1-3-9(10)13(19)18-12-4-2-8(16)6-11(12)17/h1-6H,(H,18,19). The van der Waals surface area contributed by atoms with Crippen LogP contribution in [0.5, 0.6) is 0 Å². The molecule has 19 heavy (non-hydrogen) atoms. The molecule has 2 aromatic carbocycles. The first-order valence-electron chi connectivity index (χ1n) is 5.19. The Hall–Kier alpha value is -0.660. The Kier molecular flexibility index (Phi) is 4.81. The summed E-state index contributed by atoms with van der Waals surface area (Å²) in [5.41, 5.74) is 1.03. The number of hydrogen-bond acceptors (Lipinski definition) is 1. The second-order valence-corrected chi connectivity index (χ2v) is 6.16. The van der Waals surface area contributed by atoms with Gasteiger partial charge in [0, 0.05) is 13.1 Å². The predicted molar refractivity (Wildman–Crippen MR) is 86.2 cm³/mol. The van der Waals surface area contributed by atoms with Crippen molar-refractivity contribution >= 4 is 61.7 Å². The van der Waals surface area contributed by atoms with Gasteiger partial charge in [0.2, 0.25) is 0 Å². The largest absolute Gasteiger partial charge is 0.321 e. The zero-order valence-electron chi connectivity index (χ0n) is 9.38. The topological polar surface area (TPSA) is 29.1 Å². The summed E-state index contributed by atoms with van der Waals surface area (Å²) in [6.45, 7) is 0. The molecule has 2 rings (SSSR count). The number of carbonyl (C=O) groups excluding carboxylic acids is 1. The molecule has 0 heterocycles. The molecule has 2 nitrogen and oxygen atoms in total. The van der Waals surface area contributed by atoms with E-state index in [1.165, 1.54) is 18.2 Å². The average Bonchev–Trinajstić information content (AvgIpc) is 2.32. The van der Waals surface area contributed by atoms with Gasteiger partial charge in [0.05, 0.1) is 11.3 Å². The lowest BCUT2D eigenvalue weighted by Crippen LogP contribution is -2.13. The van der Waals surface area contributed by atoms with Crippen LogP contribution < -0.4 is 5.32 Å². The highest BCUT2D eigenvalue weighted by molar-refractivity contribution is 14.1. The monoisotopic (exact) mass is 453 g/mol. The van der Waals surface area contributed by atoms with Gasteiger partial charge in [-0.3, -0.25) is 4.79 Å². The van der Waals surface area contributed by atoms with Gasteiger partial charge in [-0.25, -0.2) is 4.39 Å². The van der Waals surface area contributed by atoms with E-state index in [0.717, 1.165) is 0 Å². The van der Waals surface area contributed by atoms with Gasteiger partial charge in [0.25, 0.3) is 5.91 Å². The Morgan fingerprint density at radius 3 is 2.63 bits per heavy atom. The van der Waals surface area contributed by atoms with Crippen molar-refractivity contribution in [3.8, 4) is 0 Å². The van der Waals surface area contributed by atoms with E-state index in [4.69, 9.17) is 11.6 Å². The van der Waals surface area contributed by atoms with E-state index in [1.807, 2.05) is 22.6 Å². The van der Waals surface area contributed by atoms with Gasteiger partial charge in [0.15, 0.2) is 0 Å².